The summed E-state index contributed by atoms with van der Waals surface area (Å²) in [6.45, 7) is 4.29. The van der Waals surface area contributed by atoms with Crippen LogP contribution in [0.3, 0.4) is 0 Å². The van der Waals surface area contributed by atoms with Crippen molar-refractivity contribution in [1.82, 2.24) is 20.4 Å². The Hall–Kier alpha value is -2.53. The average molecular weight is 487 g/mol. The number of ether oxygens (including phenoxy) is 2. The van der Waals surface area contributed by atoms with Crippen LogP contribution >= 0.6 is 0 Å². The molecule has 4 aliphatic heterocycles. The lowest BCUT2D eigenvalue weighted by Crippen LogP contribution is -2.56. The van der Waals surface area contributed by atoms with Gasteiger partial charge in [0.15, 0.2) is 0 Å². The number of likely N-dealkylation sites (tertiary alicyclic amines) is 1. The molecule has 2 unspecified atom stereocenters. The summed E-state index contributed by atoms with van der Waals surface area (Å²) in [5.41, 5.74) is -0.0637. The first-order chi connectivity index (χ1) is 17.0. The van der Waals surface area contributed by atoms with Gasteiger partial charge in [0.1, 0.15) is 11.6 Å². The monoisotopic (exact) mass is 486 g/mol. The smallest absolute Gasteiger partial charge is 0.245 e. The number of hydrogen-bond donors (Lipinski definition) is 3. The van der Waals surface area contributed by atoms with Crippen LogP contribution in [0.5, 0.6) is 0 Å². The molecule has 0 aromatic heterocycles. The molecule has 10 heteroatoms. The molecule has 1 aromatic rings. The Balaban J connectivity index is 1.29. The maximum Gasteiger partial charge on any atom is 0.245 e. The number of nitrogens with one attached hydrogen (secondary N) is 2. The highest BCUT2D eigenvalue weighted by atomic mass is 16.5. The minimum absolute atomic E-state index is 0.0328. The van der Waals surface area contributed by atoms with E-state index in [1.807, 2.05) is 30.3 Å². The van der Waals surface area contributed by atoms with E-state index in [1.54, 1.807) is 0 Å². The van der Waals surface area contributed by atoms with Crippen LogP contribution in [-0.4, -0.2) is 103 Å². The van der Waals surface area contributed by atoms with Crippen LogP contribution in [0.15, 0.2) is 30.3 Å². The molecule has 4 fully saturated rings. The second kappa shape index (κ2) is 10.2. The highest BCUT2D eigenvalue weighted by Gasteiger charge is 2.74. The van der Waals surface area contributed by atoms with E-state index in [0.29, 0.717) is 45.7 Å². The third kappa shape index (κ3) is 4.44. The third-order valence-electron chi connectivity index (χ3n) is 7.83. The van der Waals surface area contributed by atoms with Crippen molar-refractivity contribution in [3.8, 4) is 0 Å². The first kappa shape index (κ1) is 24.2. The molecule has 4 aliphatic rings. The summed E-state index contributed by atoms with van der Waals surface area (Å²) in [6, 6.07) is 8.74. The topological polar surface area (TPSA) is 120 Å². The second-order valence-corrected chi connectivity index (χ2v) is 9.76. The van der Waals surface area contributed by atoms with E-state index in [9.17, 15) is 19.5 Å². The van der Waals surface area contributed by atoms with Crippen LogP contribution in [0.1, 0.15) is 18.4 Å². The number of carbonyl (C=O) groups is 3. The SMILES string of the molecule is O=C(NCCN1CCOCC1)C1N(CCO)C(=O)[C@@H]2[C@H](C(=O)NCc3ccccc3)[C@@H]3CCC12O3. The minimum Gasteiger partial charge on any atom is -0.395 e. The van der Waals surface area contributed by atoms with Gasteiger partial charge in [0.25, 0.3) is 0 Å². The molecule has 10 nitrogen and oxygen atoms in total. The molecule has 5 rings (SSSR count). The molecule has 5 atom stereocenters. The van der Waals surface area contributed by atoms with Crippen LogP contribution in [-0.2, 0) is 30.4 Å². The molecule has 4 saturated heterocycles. The van der Waals surface area contributed by atoms with E-state index in [0.717, 1.165) is 18.7 Å². The van der Waals surface area contributed by atoms with Crippen LogP contribution in [0.4, 0.5) is 0 Å². The van der Waals surface area contributed by atoms with Crippen LogP contribution < -0.4 is 10.6 Å². The molecule has 2 bridgehead atoms. The lowest BCUT2D eigenvalue weighted by molar-refractivity contribution is -0.142. The Morgan fingerprint density at radius 1 is 1.09 bits per heavy atom. The predicted octanol–water partition coefficient (Wildman–Crippen LogP) is -0.882. The van der Waals surface area contributed by atoms with Gasteiger partial charge in [0.05, 0.1) is 37.8 Å². The summed E-state index contributed by atoms with van der Waals surface area (Å²) in [7, 11) is 0. The summed E-state index contributed by atoms with van der Waals surface area (Å²) >= 11 is 0. The van der Waals surface area contributed by atoms with Gasteiger partial charge in [-0.2, -0.15) is 0 Å². The Kier molecular flexibility index (Phi) is 7.06. The van der Waals surface area contributed by atoms with Crippen LogP contribution in [0.25, 0.3) is 0 Å². The van der Waals surface area contributed by atoms with Crippen LogP contribution in [0, 0.1) is 11.8 Å². The molecular weight excluding hydrogens is 452 g/mol. The van der Waals surface area contributed by atoms with E-state index in [2.05, 4.69) is 15.5 Å². The molecule has 1 spiro atoms. The van der Waals surface area contributed by atoms with Crippen molar-refractivity contribution in [2.24, 2.45) is 11.8 Å². The van der Waals surface area contributed by atoms with Crippen molar-refractivity contribution in [2.45, 2.75) is 37.1 Å². The summed E-state index contributed by atoms with van der Waals surface area (Å²) in [6.07, 6.45) is 0.775. The summed E-state index contributed by atoms with van der Waals surface area (Å²) in [5.74, 6) is -2.16. The highest BCUT2D eigenvalue weighted by molar-refractivity contribution is 5.98. The van der Waals surface area contributed by atoms with Gasteiger partial charge in [-0.1, -0.05) is 30.3 Å². The van der Waals surface area contributed by atoms with Gasteiger partial charge in [-0.05, 0) is 18.4 Å². The van der Waals surface area contributed by atoms with Crippen molar-refractivity contribution in [3.63, 3.8) is 0 Å². The number of benzene rings is 1. The van der Waals surface area contributed by atoms with Gasteiger partial charge >= 0.3 is 0 Å². The molecular formula is C25H34N4O6. The molecule has 35 heavy (non-hydrogen) atoms. The number of aliphatic hydroxyl groups excluding tert-OH is 1. The average Bonchev–Trinajstić information content (AvgIpc) is 3.52. The van der Waals surface area contributed by atoms with Gasteiger partial charge < -0.3 is 30.1 Å². The predicted molar refractivity (Wildman–Crippen MR) is 125 cm³/mol. The maximum atomic E-state index is 13.5. The summed E-state index contributed by atoms with van der Waals surface area (Å²) < 4.78 is 11.7. The molecule has 0 radical (unpaired) electrons. The lowest BCUT2D eigenvalue weighted by atomic mass is 9.70. The van der Waals surface area contributed by atoms with Gasteiger partial charge in [-0.15, -0.1) is 0 Å². The van der Waals surface area contributed by atoms with Gasteiger partial charge in [0, 0.05) is 39.3 Å². The van der Waals surface area contributed by atoms with Crippen molar-refractivity contribution in [2.75, 3.05) is 52.5 Å². The number of hydrogen-bond acceptors (Lipinski definition) is 7. The first-order valence-corrected chi connectivity index (χ1v) is 12.5. The molecule has 4 heterocycles. The summed E-state index contributed by atoms with van der Waals surface area (Å²) in [4.78, 5) is 43.9. The van der Waals surface area contributed by atoms with E-state index < -0.39 is 23.5 Å². The lowest BCUT2D eigenvalue weighted by Gasteiger charge is -2.33. The van der Waals surface area contributed by atoms with Gasteiger partial charge in [-0.25, -0.2) is 0 Å². The number of rotatable bonds is 9. The summed E-state index contributed by atoms with van der Waals surface area (Å²) in [5, 5.41) is 15.6. The van der Waals surface area contributed by atoms with Crippen molar-refractivity contribution in [1.29, 1.82) is 0 Å². The Morgan fingerprint density at radius 3 is 2.60 bits per heavy atom. The maximum absolute atomic E-state index is 13.5. The Morgan fingerprint density at radius 2 is 1.86 bits per heavy atom. The van der Waals surface area contributed by atoms with Crippen molar-refractivity contribution < 1.29 is 29.0 Å². The molecule has 3 N–H and O–H groups in total. The number of aliphatic hydroxyl groups is 1. The fraction of sp³-hybridized carbons (Fsp3) is 0.640. The van der Waals surface area contributed by atoms with E-state index >= 15 is 0 Å². The Labute approximate surface area is 204 Å². The number of morpholine rings is 1. The number of nitrogens with zero attached hydrogens (tertiary/aromatic N) is 2. The molecule has 0 aliphatic carbocycles. The number of carbonyl (C=O) groups excluding carboxylic acids is 3. The van der Waals surface area contributed by atoms with Gasteiger partial charge in [-0.3, -0.25) is 19.3 Å². The fourth-order valence-electron chi connectivity index (χ4n) is 6.26. The molecule has 3 amide bonds. The number of amides is 3. The van der Waals surface area contributed by atoms with Crippen molar-refractivity contribution >= 4 is 17.7 Å². The third-order valence-corrected chi connectivity index (χ3v) is 7.83. The van der Waals surface area contributed by atoms with E-state index in [4.69, 9.17) is 9.47 Å². The largest absolute Gasteiger partial charge is 0.395 e. The van der Waals surface area contributed by atoms with Crippen molar-refractivity contribution in [3.05, 3.63) is 35.9 Å². The quantitative estimate of drug-likeness (QED) is 0.415. The number of fused-ring (bicyclic) bond motifs is 1. The van der Waals surface area contributed by atoms with E-state index in [-0.39, 0.29) is 37.0 Å². The second-order valence-electron chi connectivity index (χ2n) is 9.76. The molecule has 190 valence electrons. The fourth-order valence-corrected chi connectivity index (χ4v) is 6.26. The van der Waals surface area contributed by atoms with E-state index in [1.165, 1.54) is 4.90 Å². The number of β-amino-alcohol motifs (C(OH)–C–C–N with tert-alkyl or cyclic N) is 1. The zero-order valence-electron chi connectivity index (χ0n) is 19.9. The first-order valence-electron chi connectivity index (χ1n) is 12.5. The minimum atomic E-state index is -1.03. The highest BCUT2D eigenvalue weighted by Crippen LogP contribution is 2.58. The zero-order chi connectivity index (χ0) is 24.4. The van der Waals surface area contributed by atoms with Gasteiger partial charge in [0.2, 0.25) is 17.7 Å². The zero-order valence-corrected chi connectivity index (χ0v) is 19.9. The normalized spacial score (nSPS) is 32.0. The Bertz CT molecular complexity index is 939. The molecule has 0 saturated carbocycles. The standard InChI is InChI=1S/C25H34N4O6/c30-13-10-29-21(23(32)26-8-9-28-11-14-34-15-12-28)25-7-6-18(35-25)19(20(25)24(29)33)22(31)27-16-17-4-2-1-3-5-17/h1-5,18-21,30H,6-16H2,(H,26,32)(H,27,31)/t18-,19+,20-,21?,25?/m0/s1. The van der Waals surface area contributed by atoms with Crippen LogP contribution in [0.2, 0.25) is 0 Å². The molecule has 1 aromatic carbocycles.